The standard InChI is InChI=1S/C15H20N2O4/c1-4-20-14(18)9-17(3)8-11-5-6-13-12(7-11)16-15(19)10(2)21-13/h5-7,10H,4,8-9H2,1-3H3,(H,16,19). The van der Waals surface area contributed by atoms with Gasteiger partial charge >= 0.3 is 5.97 Å². The maximum Gasteiger partial charge on any atom is 0.320 e. The van der Waals surface area contributed by atoms with Crippen LogP contribution in [0.15, 0.2) is 18.2 Å². The van der Waals surface area contributed by atoms with Crippen molar-refractivity contribution in [3.05, 3.63) is 23.8 Å². The molecular weight excluding hydrogens is 272 g/mol. The summed E-state index contributed by atoms with van der Waals surface area (Å²) in [5, 5.41) is 2.81. The Labute approximate surface area is 124 Å². The van der Waals surface area contributed by atoms with Crippen LogP contribution in [0.4, 0.5) is 5.69 Å². The molecule has 1 aliphatic heterocycles. The summed E-state index contributed by atoms with van der Waals surface area (Å²) >= 11 is 0. The van der Waals surface area contributed by atoms with Crippen LogP contribution in [0.3, 0.4) is 0 Å². The first-order valence-electron chi connectivity index (χ1n) is 6.94. The minimum absolute atomic E-state index is 0.153. The third kappa shape index (κ3) is 3.95. The van der Waals surface area contributed by atoms with E-state index in [0.717, 1.165) is 5.56 Å². The van der Waals surface area contributed by atoms with Gasteiger partial charge < -0.3 is 14.8 Å². The number of likely N-dealkylation sites (N-methyl/N-ethyl adjacent to an activating group) is 1. The van der Waals surface area contributed by atoms with Crippen molar-refractivity contribution >= 4 is 17.6 Å². The van der Waals surface area contributed by atoms with E-state index in [0.29, 0.717) is 24.6 Å². The van der Waals surface area contributed by atoms with E-state index in [4.69, 9.17) is 9.47 Å². The average Bonchev–Trinajstić information content (AvgIpc) is 2.40. The van der Waals surface area contributed by atoms with E-state index in [9.17, 15) is 9.59 Å². The lowest BCUT2D eigenvalue weighted by atomic mass is 10.1. The van der Waals surface area contributed by atoms with Crippen molar-refractivity contribution in [2.24, 2.45) is 0 Å². The fraction of sp³-hybridized carbons (Fsp3) is 0.467. The van der Waals surface area contributed by atoms with Crippen molar-refractivity contribution in [1.29, 1.82) is 0 Å². The Morgan fingerprint density at radius 3 is 2.95 bits per heavy atom. The Balaban J connectivity index is 2.00. The van der Waals surface area contributed by atoms with Gasteiger partial charge in [0, 0.05) is 6.54 Å². The van der Waals surface area contributed by atoms with Crippen LogP contribution < -0.4 is 10.1 Å². The molecule has 1 amide bonds. The summed E-state index contributed by atoms with van der Waals surface area (Å²) in [4.78, 5) is 24.9. The Kier molecular flexibility index (Phi) is 4.80. The summed E-state index contributed by atoms with van der Waals surface area (Å²) < 4.78 is 10.4. The van der Waals surface area contributed by atoms with Gasteiger partial charge in [0.2, 0.25) is 0 Å². The molecule has 0 saturated carbocycles. The summed E-state index contributed by atoms with van der Waals surface area (Å²) in [5.41, 5.74) is 1.65. The summed E-state index contributed by atoms with van der Waals surface area (Å²) in [6.45, 7) is 4.68. The predicted molar refractivity (Wildman–Crippen MR) is 78.1 cm³/mol. The zero-order chi connectivity index (χ0) is 15.4. The molecule has 6 nitrogen and oxygen atoms in total. The van der Waals surface area contributed by atoms with E-state index in [-0.39, 0.29) is 18.4 Å². The van der Waals surface area contributed by atoms with Crippen LogP contribution in [0.1, 0.15) is 19.4 Å². The zero-order valence-corrected chi connectivity index (χ0v) is 12.5. The van der Waals surface area contributed by atoms with Crippen molar-refractivity contribution in [2.75, 3.05) is 25.5 Å². The number of carbonyl (C=O) groups is 2. The molecule has 0 aliphatic carbocycles. The Hall–Kier alpha value is -2.08. The second kappa shape index (κ2) is 6.58. The number of fused-ring (bicyclic) bond motifs is 1. The molecule has 1 heterocycles. The highest BCUT2D eigenvalue weighted by molar-refractivity contribution is 5.97. The highest BCUT2D eigenvalue weighted by Crippen LogP contribution is 2.30. The predicted octanol–water partition coefficient (Wildman–Crippen LogP) is 1.40. The number of nitrogens with one attached hydrogen (secondary N) is 1. The van der Waals surface area contributed by atoms with Gasteiger partial charge in [-0.25, -0.2) is 0 Å². The van der Waals surface area contributed by atoms with Gasteiger partial charge in [-0.05, 0) is 38.6 Å². The second-order valence-corrected chi connectivity index (χ2v) is 5.06. The quantitative estimate of drug-likeness (QED) is 0.831. The number of hydrogen-bond acceptors (Lipinski definition) is 5. The molecule has 0 spiro atoms. The fourth-order valence-corrected chi connectivity index (χ4v) is 2.15. The van der Waals surface area contributed by atoms with Gasteiger partial charge in [-0.3, -0.25) is 14.5 Å². The molecule has 1 aliphatic rings. The van der Waals surface area contributed by atoms with E-state index in [2.05, 4.69) is 5.32 Å². The number of benzene rings is 1. The maximum absolute atomic E-state index is 11.6. The molecule has 114 valence electrons. The Bertz CT molecular complexity index is 544. The third-order valence-corrected chi connectivity index (χ3v) is 3.13. The maximum atomic E-state index is 11.6. The van der Waals surface area contributed by atoms with E-state index in [1.165, 1.54) is 0 Å². The fourth-order valence-electron chi connectivity index (χ4n) is 2.15. The van der Waals surface area contributed by atoms with Gasteiger partial charge in [-0.2, -0.15) is 0 Å². The van der Waals surface area contributed by atoms with Crippen LogP contribution in [0.25, 0.3) is 0 Å². The van der Waals surface area contributed by atoms with Crippen molar-refractivity contribution < 1.29 is 19.1 Å². The summed E-state index contributed by atoms with van der Waals surface area (Å²) in [6.07, 6.45) is -0.477. The van der Waals surface area contributed by atoms with Crippen LogP contribution in [0.5, 0.6) is 5.75 Å². The Morgan fingerprint density at radius 1 is 1.48 bits per heavy atom. The smallest absolute Gasteiger partial charge is 0.320 e. The molecule has 2 rings (SSSR count). The van der Waals surface area contributed by atoms with Gasteiger partial charge in [-0.15, -0.1) is 0 Å². The molecule has 1 unspecified atom stereocenters. The second-order valence-electron chi connectivity index (χ2n) is 5.06. The number of ether oxygens (including phenoxy) is 2. The van der Waals surface area contributed by atoms with Gasteiger partial charge in [0.05, 0.1) is 18.8 Å². The van der Waals surface area contributed by atoms with E-state index in [1.54, 1.807) is 13.8 Å². The number of amides is 1. The lowest BCUT2D eigenvalue weighted by Crippen LogP contribution is -2.34. The number of carbonyl (C=O) groups excluding carboxylic acids is 2. The van der Waals surface area contributed by atoms with Gasteiger partial charge in [-0.1, -0.05) is 6.07 Å². The van der Waals surface area contributed by atoms with E-state index in [1.807, 2.05) is 30.1 Å². The minimum atomic E-state index is -0.477. The van der Waals surface area contributed by atoms with Crippen LogP contribution in [0, 0.1) is 0 Å². The minimum Gasteiger partial charge on any atom is -0.479 e. The van der Waals surface area contributed by atoms with Crippen molar-refractivity contribution in [3.63, 3.8) is 0 Å². The van der Waals surface area contributed by atoms with Crippen LogP contribution in [-0.4, -0.2) is 43.1 Å². The van der Waals surface area contributed by atoms with Crippen molar-refractivity contribution in [3.8, 4) is 5.75 Å². The van der Waals surface area contributed by atoms with Crippen LogP contribution >= 0.6 is 0 Å². The first-order valence-corrected chi connectivity index (χ1v) is 6.94. The Morgan fingerprint density at radius 2 is 2.24 bits per heavy atom. The average molecular weight is 292 g/mol. The number of anilines is 1. The monoisotopic (exact) mass is 292 g/mol. The molecule has 0 bridgehead atoms. The largest absolute Gasteiger partial charge is 0.479 e. The van der Waals surface area contributed by atoms with Crippen LogP contribution in [0.2, 0.25) is 0 Å². The molecule has 1 atom stereocenters. The molecule has 21 heavy (non-hydrogen) atoms. The number of nitrogens with zero attached hydrogens (tertiary/aromatic N) is 1. The molecule has 0 aromatic heterocycles. The zero-order valence-electron chi connectivity index (χ0n) is 12.5. The lowest BCUT2D eigenvalue weighted by molar-refractivity contribution is -0.144. The number of esters is 1. The molecule has 1 N–H and O–H groups in total. The van der Waals surface area contributed by atoms with Crippen molar-refractivity contribution in [1.82, 2.24) is 4.90 Å². The first-order chi connectivity index (χ1) is 9.99. The molecule has 6 heteroatoms. The molecule has 1 aromatic carbocycles. The van der Waals surface area contributed by atoms with E-state index >= 15 is 0 Å². The SMILES string of the molecule is CCOC(=O)CN(C)Cc1ccc2c(c1)NC(=O)C(C)O2. The highest BCUT2D eigenvalue weighted by atomic mass is 16.5. The molecule has 0 saturated heterocycles. The van der Waals surface area contributed by atoms with Gasteiger partial charge in [0.25, 0.3) is 5.91 Å². The highest BCUT2D eigenvalue weighted by Gasteiger charge is 2.23. The van der Waals surface area contributed by atoms with Gasteiger partial charge in [0.15, 0.2) is 6.10 Å². The molecule has 0 radical (unpaired) electrons. The normalized spacial score (nSPS) is 17.0. The molecule has 1 aromatic rings. The summed E-state index contributed by atoms with van der Waals surface area (Å²) in [7, 11) is 1.84. The topological polar surface area (TPSA) is 67.9 Å². The van der Waals surface area contributed by atoms with Crippen LogP contribution in [-0.2, 0) is 20.9 Å². The number of hydrogen-bond donors (Lipinski definition) is 1. The summed E-state index contributed by atoms with van der Waals surface area (Å²) in [6, 6.07) is 5.62. The third-order valence-electron chi connectivity index (χ3n) is 3.13. The first kappa shape index (κ1) is 15.3. The summed E-state index contributed by atoms with van der Waals surface area (Å²) in [5.74, 6) is 0.266. The lowest BCUT2D eigenvalue weighted by Gasteiger charge is -2.24. The van der Waals surface area contributed by atoms with Crippen molar-refractivity contribution in [2.45, 2.75) is 26.5 Å². The van der Waals surface area contributed by atoms with E-state index < -0.39 is 6.10 Å². The molecule has 0 fully saturated rings. The molecular formula is C15H20N2O4. The number of rotatable bonds is 5. The van der Waals surface area contributed by atoms with Gasteiger partial charge in [0.1, 0.15) is 5.75 Å².